The maximum absolute atomic E-state index is 12.3. The molecule has 2 aromatic rings. The molecule has 0 bridgehead atoms. The number of nitrogen functional groups attached to an aromatic ring is 1. The third-order valence-electron chi connectivity index (χ3n) is 6.32. The average molecular weight is 492 g/mol. The third kappa shape index (κ3) is 7.25. The summed E-state index contributed by atoms with van der Waals surface area (Å²) in [4.78, 5) is 51.6. The second-order valence-corrected chi connectivity index (χ2v) is 9.68. The summed E-state index contributed by atoms with van der Waals surface area (Å²) in [6.07, 6.45) is 4.38. The molecule has 0 amide bonds. The van der Waals surface area contributed by atoms with Crippen LogP contribution in [0.2, 0.25) is 0 Å². The molecule has 1 aliphatic rings. The Balaban J connectivity index is 1.65. The lowest BCUT2D eigenvalue weighted by Crippen LogP contribution is -2.44. The van der Waals surface area contributed by atoms with E-state index in [1.165, 1.54) is 0 Å². The van der Waals surface area contributed by atoms with E-state index in [0.717, 1.165) is 19.5 Å². The smallest absolute Gasteiger partial charge is 0.305 e. The number of nitrogens with two attached hydrogens (primary N) is 1. The lowest BCUT2D eigenvalue weighted by Gasteiger charge is -2.44. The van der Waals surface area contributed by atoms with Crippen molar-refractivity contribution in [3.63, 3.8) is 0 Å². The van der Waals surface area contributed by atoms with Crippen LogP contribution in [0.25, 0.3) is 11.2 Å². The summed E-state index contributed by atoms with van der Waals surface area (Å²) in [7, 11) is 7.83. The molecular weight excluding hydrogens is 454 g/mol. The van der Waals surface area contributed by atoms with E-state index in [1.54, 1.807) is 10.9 Å². The average Bonchev–Trinajstić information content (AvgIpc) is 3.16. The Hall–Kier alpha value is -2.99. The monoisotopic (exact) mass is 491 g/mol. The number of hydrogen-bond acceptors (Lipinski definition) is 10. The lowest BCUT2D eigenvalue weighted by molar-refractivity contribution is -0.155. The van der Waals surface area contributed by atoms with Gasteiger partial charge in [0.2, 0.25) is 5.95 Å². The fourth-order valence-corrected chi connectivity index (χ4v) is 4.34. The molecule has 0 aliphatic heterocycles. The summed E-state index contributed by atoms with van der Waals surface area (Å²) < 4.78 is 12.9. The normalized spacial score (nSPS) is 19.8. The van der Waals surface area contributed by atoms with Crippen molar-refractivity contribution in [2.75, 3.05) is 60.2 Å². The van der Waals surface area contributed by atoms with E-state index in [9.17, 15) is 14.4 Å². The summed E-state index contributed by atoms with van der Waals surface area (Å²) in [5.41, 5.74) is 5.92. The van der Waals surface area contributed by atoms with Gasteiger partial charge in [-0.25, -0.2) is 4.98 Å². The van der Waals surface area contributed by atoms with Crippen LogP contribution in [0.3, 0.4) is 0 Å². The minimum Gasteiger partial charge on any atom is -0.465 e. The zero-order valence-corrected chi connectivity index (χ0v) is 21.0. The van der Waals surface area contributed by atoms with E-state index in [4.69, 9.17) is 15.2 Å². The van der Waals surface area contributed by atoms with Crippen LogP contribution < -0.4 is 11.3 Å². The van der Waals surface area contributed by atoms with Gasteiger partial charge < -0.3 is 29.6 Å². The van der Waals surface area contributed by atoms with Gasteiger partial charge in [0.15, 0.2) is 11.2 Å². The van der Waals surface area contributed by atoms with Crippen molar-refractivity contribution in [2.45, 2.75) is 38.1 Å². The van der Waals surface area contributed by atoms with Crippen molar-refractivity contribution in [1.82, 2.24) is 29.3 Å². The van der Waals surface area contributed by atoms with Gasteiger partial charge in [-0.2, -0.15) is 4.98 Å². The van der Waals surface area contributed by atoms with Gasteiger partial charge in [-0.15, -0.1) is 0 Å². The van der Waals surface area contributed by atoms with Gasteiger partial charge in [0.05, 0.1) is 19.5 Å². The van der Waals surface area contributed by atoms with Crippen LogP contribution in [0.15, 0.2) is 11.1 Å². The van der Waals surface area contributed by atoms with Crippen LogP contribution in [-0.4, -0.2) is 95.8 Å². The first-order chi connectivity index (χ1) is 16.7. The zero-order valence-electron chi connectivity index (χ0n) is 21.0. The van der Waals surface area contributed by atoms with Crippen LogP contribution in [0.1, 0.15) is 38.1 Å². The molecule has 2 heterocycles. The first-order valence-electron chi connectivity index (χ1n) is 12.0. The summed E-state index contributed by atoms with van der Waals surface area (Å²) in [6, 6.07) is -0.110. The Morgan fingerprint density at radius 3 is 2.29 bits per heavy atom. The number of anilines is 1. The fourth-order valence-electron chi connectivity index (χ4n) is 4.34. The highest BCUT2D eigenvalue weighted by molar-refractivity contribution is 5.71. The number of nitrogens with one attached hydrogen (secondary N) is 1. The van der Waals surface area contributed by atoms with Crippen molar-refractivity contribution in [3.05, 3.63) is 16.7 Å². The molecular formula is C23H37N7O5. The molecule has 0 radical (unpaired) electrons. The quantitative estimate of drug-likeness (QED) is 0.382. The second kappa shape index (κ2) is 12.1. The van der Waals surface area contributed by atoms with E-state index in [2.05, 4.69) is 15.0 Å². The Kier molecular flexibility index (Phi) is 9.21. The number of esters is 2. The summed E-state index contributed by atoms with van der Waals surface area (Å²) in [5.74, 6) is -0.572. The number of carbonyl (C=O) groups is 2. The van der Waals surface area contributed by atoms with Crippen LogP contribution in [0.4, 0.5) is 5.95 Å². The highest BCUT2D eigenvalue weighted by Crippen LogP contribution is 2.45. The van der Waals surface area contributed by atoms with Gasteiger partial charge >= 0.3 is 11.9 Å². The molecule has 3 rings (SSSR count). The molecule has 12 nitrogen and oxygen atoms in total. The number of imidazole rings is 1. The van der Waals surface area contributed by atoms with Crippen LogP contribution in [0, 0.1) is 11.8 Å². The number of fused-ring (bicyclic) bond motifs is 1. The second-order valence-electron chi connectivity index (χ2n) is 9.68. The SMILES string of the molecule is CN(C)CCCC(=O)OC[C@H]1C[C@@H](n2cnc3c(=O)[nH]c(N)nc32)[C@H]1COC(=O)CCCN(C)C. The van der Waals surface area contributed by atoms with E-state index in [-0.39, 0.29) is 54.5 Å². The van der Waals surface area contributed by atoms with Gasteiger partial charge in [0, 0.05) is 30.7 Å². The Morgan fingerprint density at radius 2 is 1.69 bits per heavy atom. The maximum atomic E-state index is 12.3. The molecule has 194 valence electrons. The van der Waals surface area contributed by atoms with Crippen LogP contribution in [-0.2, 0) is 19.1 Å². The molecule has 12 heteroatoms. The molecule has 0 aromatic carbocycles. The number of aromatic nitrogens is 4. The van der Waals surface area contributed by atoms with Crippen LogP contribution >= 0.6 is 0 Å². The number of aromatic amines is 1. The first kappa shape index (κ1) is 26.6. The highest BCUT2D eigenvalue weighted by atomic mass is 16.5. The predicted octanol–water partition coefficient (Wildman–Crippen LogP) is 0.649. The molecule has 1 fully saturated rings. The number of nitrogens with zero attached hydrogens (tertiary/aromatic N) is 5. The molecule has 2 aromatic heterocycles. The van der Waals surface area contributed by atoms with Gasteiger partial charge in [0.25, 0.3) is 5.56 Å². The molecule has 3 atom stereocenters. The van der Waals surface area contributed by atoms with Crippen LogP contribution in [0.5, 0.6) is 0 Å². The van der Waals surface area contributed by atoms with Crippen molar-refractivity contribution < 1.29 is 19.1 Å². The van der Waals surface area contributed by atoms with E-state index in [1.807, 2.05) is 38.0 Å². The summed E-state index contributed by atoms with van der Waals surface area (Å²) in [6.45, 7) is 2.06. The zero-order chi connectivity index (χ0) is 25.5. The number of carbonyl (C=O) groups excluding carboxylic acids is 2. The van der Waals surface area contributed by atoms with Gasteiger partial charge in [0.1, 0.15) is 0 Å². The summed E-state index contributed by atoms with van der Waals surface area (Å²) >= 11 is 0. The lowest BCUT2D eigenvalue weighted by atomic mass is 9.69. The van der Waals surface area contributed by atoms with Gasteiger partial charge in [-0.05, 0) is 60.5 Å². The molecule has 1 aliphatic carbocycles. The number of ether oxygens (including phenoxy) is 2. The molecule has 35 heavy (non-hydrogen) atoms. The number of H-pyrrole nitrogens is 1. The Bertz CT molecular complexity index is 1060. The Labute approximate surface area is 204 Å². The fraction of sp³-hybridized carbons (Fsp3) is 0.696. The molecule has 0 unspecified atom stereocenters. The standard InChI is InChI=1S/C23H37N7O5/c1-28(2)9-5-7-18(31)34-12-15-11-17(16(15)13-35-19(32)8-6-10-29(3)4)30-14-25-20-21(30)26-23(24)27-22(20)33/h14-17H,5-13H2,1-4H3,(H3,24,26,27,33)/t15-,16+,17-/m1/s1. The van der Waals surface area contributed by atoms with Gasteiger partial charge in [-0.1, -0.05) is 0 Å². The van der Waals surface area contributed by atoms with E-state index in [0.29, 0.717) is 31.3 Å². The maximum Gasteiger partial charge on any atom is 0.305 e. The Morgan fingerprint density at radius 1 is 1.09 bits per heavy atom. The molecule has 0 spiro atoms. The minimum atomic E-state index is -0.405. The summed E-state index contributed by atoms with van der Waals surface area (Å²) in [5, 5.41) is 0. The molecule has 0 saturated heterocycles. The largest absolute Gasteiger partial charge is 0.465 e. The highest BCUT2D eigenvalue weighted by Gasteiger charge is 2.44. The third-order valence-corrected chi connectivity index (χ3v) is 6.32. The van der Waals surface area contributed by atoms with Crippen molar-refractivity contribution in [1.29, 1.82) is 0 Å². The predicted molar refractivity (Wildman–Crippen MR) is 131 cm³/mol. The van der Waals surface area contributed by atoms with Crippen molar-refractivity contribution in [3.8, 4) is 0 Å². The molecule has 3 N–H and O–H groups in total. The topological polar surface area (TPSA) is 149 Å². The number of rotatable bonds is 13. The van der Waals surface area contributed by atoms with E-state index < -0.39 is 5.56 Å². The van der Waals surface area contributed by atoms with E-state index >= 15 is 0 Å². The van der Waals surface area contributed by atoms with Crippen molar-refractivity contribution in [2.24, 2.45) is 11.8 Å². The van der Waals surface area contributed by atoms with Gasteiger partial charge in [-0.3, -0.25) is 19.4 Å². The van der Waals surface area contributed by atoms with Crippen molar-refractivity contribution >= 4 is 29.1 Å². The number of hydrogen-bond donors (Lipinski definition) is 2. The molecule has 1 saturated carbocycles. The first-order valence-corrected chi connectivity index (χ1v) is 12.0. The minimum absolute atomic E-state index is 0.00986.